The summed E-state index contributed by atoms with van der Waals surface area (Å²) in [6.07, 6.45) is 0.209. The molecule has 0 fully saturated rings. The monoisotopic (exact) mass is 298 g/mol. The average Bonchev–Trinajstić information content (AvgIpc) is 2.56. The van der Waals surface area contributed by atoms with Crippen LogP contribution in [0, 0.1) is 0 Å². The van der Waals surface area contributed by atoms with Gasteiger partial charge in [0.1, 0.15) is 0 Å². The number of rotatable bonds is 5. The minimum Gasteiger partial charge on any atom is -0.469 e. The number of nitrogens with one attached hydrogen (secondary N) is 1. The quantitative estimate of drug-likeness (QED) is 0.828. The maximum Gasteiger partial charge on any atom is 0.309 e. The summed E-state index contributed by atoms with van der Waals surface area (Å²) in [6, 6.07) is 14.3. The maximum atomic E-state index is 12.3. The molecular weight excluding hydrogens is 280 g/mol. The highest BCUT2D eigenvalue weighted by Crippen LogP contribution is 2.14. The largest absolute Gasteiger partial charge is 0.469 e. The number of esters is 1. The Morgan fingerprint density at radius 1 is 1.09 bits per heavy atom. The topological polar surface area (TPSA) is 81.4 Å². The van der Waals surface area contributed by atoms with Crippen molar-refractivity contribution in [2.24, 2.45) is 5.73 Å². The summed E-state index contributed by atoms with van der Waals surface area (Å²) in [5.41, 5.74) is 8.47. The van der Waals surface area contributed by atoms with E-state index in [2.05, 4.69) is 10.1 Å². The summed E-state index contributed by atoms with van der Waals surface area (Å²) in [5.74, 6) is -0.504. The molecule has 0 aromatic heterocycles. The van der Waals surface area contributed by atoms with Crippen molar-refractivity contribution >= 4 is 17.6 Å². The van der Waals surface area contributed by atoms with Crippen LogP contribution in [-0.2, 0) is 22.5 Å². The third-order valence-corrected chi connectivity index (χ3v) is 3.27. The summed E-state index contributed by atoms with van der Waals surface area (Å²) in [4.78, 5) is 23.5. The zero-order valence-corrected chi connectivity index (χ0v) is 12.3. The van der Waals surface area contributed by atoms with Gasteiger partial charge in [-0.3, -0.25) is 9.59 Å². The minimum absolute atomic E-state index is 0.207. The first kappa shape index (κ1) is 15.7. The Bertz CT molecular complexity index is 666. The van der Waals surface area contributed by atoms with Gasteiger partial charge < -0.3 is 15.8 Å². The van der Waals surface area contributed by atoms with Crippen molar-refractivity contribution in [3.05, 3.63) is 65.2 Å². The Morgan fingerprint density at radius 2 is 1.77 bits per heavy atom. The fraction of sp³-hybridized carbons (Fsp3) is 0.176. The molecule has 5 heteroatoms. The summed E-state index contributed by atoms with van der Waals surface area (Å²) < 4.78 is 4.61. The van der Waals surface area contributed by atoms with E-state index in [1.54, 1.807) is 36.4 Å². The van der Waals surface area contributed by atoms with Gasteiger partial charge in [-0.1, -0.05) is 30.3 Å². The van der Waals surface area contributed by atoms with Crippen molar-refractivity contribution in [1.82, 2.24) is 0 Å². The molecule has 2 rings (SSSR count). The number of hydrogen-bond acceptors (Lipinski definition) is 4. The summed E-state index contributed by atoms with van der Waals surface area (Å²) in [7, 11) is 1.35. The number of methoxy groups -OCH3 is 1. The molecule has 0 atom stereocenters. The molecule has 0 aliphatic heterocycles. The van der Waals surface area contributed by atoms with Crippen molar-refractivity contribution in [1.29, 1.82) is 0 Å². The Labute approximate surface area is 129 Å². The zero-order valence-electron chi connectivity index (χ0n) is 12.3. The third kappa shape index (κ3) is 3.93. The maximum absolute atomic E-state index is 12.3. The van der Waals surface area contributed by atoms with Crippen LogP contribution in [0.2, 0.25) is 0 Å². The predicted molar refractivity (Wildman–Crippen MR) is 84.4 cm³/mol. The Balaban J connectivity index is 2.07. The van der Waals surface area contributed by atoms with E-state index in [1.807, 2.05) is 12.1 Å². The molecule has 0 heterocycles. The first-order valence-electron chi connectivity index (χ1n) is 6.89. The van der Waals surface area contributed by atoms with Gasteiger partial charge in [-0.15, -0.1) is 0 Å². The van der Waals surface area contributed by atoms with Gasteiger partial charge in [0.2, 0.25) is 0 Å². The van der Waals surface area contributed by atoms with Crippen LogP contribution in [0.3, 0.4) is 0 Å². The summed E-state index contributed by atoms with van der Waals surface area (Å²) in [5, 5.41) is 2.82. The van der Waals surface area contributed by atoms with Crippen LogP contribution < -0.4 is 11.1 Å². The number of nitrogens with two attached hydrogens (primary N) is 1. The molecule has 114 valence electrons. The van der Waals surface area contributed by atoms with E-state index < -0.39 is 0 Å². The Kier molecular flexibility index (Phi) is 5.27. The molecule has 1 amide bonds. The smallest absolute Gasteiger partial charge is 0.309 e. The van der Waals surface area contributed by atoms with Gasteiger partial charge in [0, 0.05) is 17.8 Å². The van der Waals surface area contributed by atoms with E-state index in [-0.39, 0.29) is 18.3 Å². The minimum atomic E-state index is -0.298. The highest BCUT2D eigenvalue weighted by Gasteiger charge is 2.10. The van der Waals surface area contributed by atoms with E-state index in [4.69, 9.17) is 5.73 Å². The van der Waals surface area contributed by atoms with Crippen molar-refractivity contribution in [2.75, 3.05) is 12.4 Å². The first-order chi connectivity index (χ1) is 10.6. The molecule has 0 aliphatic rings. The SMILES string of the molecule is COC(=O)Cc1ccc(NC(=O)c2ccccc2CN)cc1. The molecule has 5 nitrogen and oxygen atoms in total. The lowest BCUT2D eigenvalue weighted by Gasteiger charge is -2.09. The number of carbonyl (C=O) groups excluding carboxylic acids is 2. The number of benzene rings is 2. The van der Waals surface area contributed by atoms with Crippen LogP contribution in [0.5, 0.6) is 0 Å². The van der Waals surface area contributed by atoms with Gasteiger partial charge in [-0.2, -0.15) is 0 Å². The zero-order chi connectivity index (χ0) is 15.9. The fourth-order valence-corrected chi connectivity index (χ4v) is 2.06. The molecular formula is C17H18N2O3. The lowest BCUT2D eigenvalue weighted by molar-refractivity contribution is -0.139. The van der Waals surface area contributed by atoms with Crippen LogP contribution in [-0.4, -0.2) is 19.0 Å². The molecule has 0 radical (unpaired) electrons. The molecule has 0 unspecified atom stereocenters. The molecule has 3 N–H and O–H groups in total. The molecule has 22 heavy (non-hydrogen) atoms. The summed E-state index contributed by atoms with van der Waals surface area (Å²) >= 11 is 0. The average molecular weight is 298 g/mol. The predicted octanol–water partition coefficient (Wildman–Crippen LogP) is 2.11. The van der Waals surface area contributed by atoms with Crippen molar-refractivity contribution in [2.45, 2.75) is 13.0 Å². The highest BCUT2D eigenvalue weighted by atomic mass is 16.5. The molecule has 0 bridgehead atoms. The van der Waals surface area contributed by atoms with E-state index in [0.29, 0.717) is 17.8 Å². The number of carbonyl (C=O) groups is 2. The molecule has 0 spiro atoms. The molecule has 2 aromatic carbocycles. The Hall–Kier alpha value is -2.66. The second-order valence-electron chi connectivity index (χ2n) is 4.77. The van der Waals surface area contributed by atoms with Crippen LogP contribution in [0.1, 0.15) is 21.5 Å². The van der Waals surface area contributed by atoms with Crippen LogP contribution in [0.4, 0.5) is 5.69 Å². The molecule has 0 saturated heterocycles. The van der Waals surface area contributed by atoms with E-state index in [1.165, 1.54) is 7.11 Å². The molecule has 2 aromatic rings. The highest BCUT2D eigenvalue weighted by molar-refractivity contribution is 6.05. The number of ether oxygens (including phenoxy) is 1. The summed E-state index contributed by atoms with van der Waals surface area (Å²) in [6.45, 7) is 0.307. The normalized spacial score (nSPS) is 10.1. The lowest BCUT2D eigenvalue weighted by Crippen LogP contribution is -2.15. The van der Waals surface area contributed by atoms with Gasteiger partial charge >= 0.3 is 5.97 Å². The number of amides is 1. The molecule has 0 saturated carbocycles. The second kappa shape index (κ2) is 7.38. The van der Waals surface area contributed by atoms with Crippen LogP contribution in [0.25, 0.3) is 0 Å². The van der Waals surface area contributed by atoms with Crippen molar-refractivity contribution < 1.29 is 14.3 Å². The van der Waals surface area contributed by atoms with Crippen LogP contribution >= 0.6 is 0 Å². The van der Waals surface area contributed by atoms with Gasteiger partial charge in [-0.05, 0) is 29.3 Å². The van der Waals surface area contributed by atoms with Gasteiger partial charge in [0.05, 0.1) is 13.5 Å². The van der Waals surface area contributed by atoms with Gasteiger partial charge in [0.25, 0.3) is 5.91 Å². The first-order valence-corrected chi connectivity index (χ1v) is 6.89. The Morgan fingerprint density at radius 3 is 2.41 bits per heavy atom. The fourth-order valence-electron chi connectivity index (χ4n) is 2.06. The lowest BCUT2D eigenvalue weighted by atomic mass is 10.1. The second-order valence-corrected chi connectivity index (χ2v) is 4.77. The van der Waals surface area contributed by atoms with Gasteiger partial charge in [0.15, 0.2) is 0 Å². The number of anilines is 1. The third-order valence-electron chi connectivity index (χ3n) is 3.27. The van der Waals surface area contributed by atoms with Gasteiger partial charge in [-0.25, -0.2) is 0 Å². The van der Waals surface area contributed by atoms with Crippen molar-refractivity contribution in [3.8, 4) is 0 Å². The van der Waals surface area contributed by atoms with E-state index in [0.717, 1.165) is 11.1 Å². The van der Waals surface area contributed by atoms with Crippen LogP contribution in [0.15, 0.2) is 48.5 Å². The molecule has 0 aliphatic carbocycles. The van der Waals surface area contributed by atoms with E-state index in [9.17, 15) is 9.59 Å². The number of hydrogen-bond donors (Lipinski definition) is 2. The standard InChI is InChI=1S/C17H18N2O3/c1-22-16(20)10-12-6-8-14(9-7-12)19-17(21)15-5-3-2-4-13(15)11-18/h2-9H,10-11,18H2,1H3,(H,19,21). The van der Waals surface area contributed by atoms with Crippen molar-refractivity contribution in [3.63, 3.8) is 0 Å². The van der Waals surface area contributed by atoms with E-state index >= 15 is 0 Å².